The van der Waals surface area contributed by atoms with E-state index in [2.05, 4.69) is 30.4 Å². The highest BCUT2D eigenvalue weighted by Crippen LogP contribution is 2.15. The molecule has 5 nitrogen and oxygen atoms in total. The molecule has 0 saturated carbocycles. The van der Waals surface area contributed by atoms with Crippen LogP contribution in [0.4, 0.5) is 10.1 Å². The molecular formula is C24H29FN4O+2. The van der Waals surface area contributed by atoms with Crippen molar-refractivity contribution in [1.29, 1.82) is 5.26 Å². The van der Waals surface area contributed by atoms with Gasteiger partial charge in [-0.15, -0.1) is 0 Å². The van der Waals surface area contributed by atoms with Crippen LogP contribution in [0.25, 0.3) is 6.08 Å². The summed E-state index contributed by atoms with van der Waals surface area (Å²) in [5.74, 6) is -0.350. The molecule has 0 radical (unpaired) electrons. The molecule has 0 aliphatic carbocycles. The number of anilines is 1. The lowest BCUT2D eigenvalue weighted by atomic mass is 10.2. The van der Waals surface area contributed by atoms with Crippen molar-refractivity contribution in [2.45, 2.75) is 6.42 Å². The van der Waals surface area contributed by atoms with Crippen LogP contribution in [-0.4, -0.2) is 51.7 Å². The summed E-state index contributed by atoms with van der Waals surface area (Å²) in [5.41, 5.74) is 1.86. The molecule has 0 aromatic heterocycles. The lowest BCUT2D eigenvalue weighted by Crippen LogP contribution is -3.28. The van der Waals surface area contributed by atoms with Crippen LogP contribution in [0.5, 0.6) is 0 Å². The Morgan fingerprint density at radius 2 is 1.70 bits per heavy atom. The fraction of sp³-hybridized carbons (Fsp3) is 0.333. The number of nitrogens with one attached hydrogen (secondary N) is 2. The molecule has 1 aliphatic heterocycles. The first-order valence-corrected chi connectivity index (χ1v) is 10.5. The molecule has 156 valence electrons. The van der Waals surface area contributed by atoms with Crippen molar-refractivity contribution < 1.29 is 19.0 Å². The predicted molar refractivity (Wildman–Crippen MR) is 116 cm³/mol. The third-order valence-corrected chi connectivity index (χ3v) is 5.47. The van der Waals surface area contributed by atoms with Crippen molar-refractivity contribution in [3.8, 4) is 6.07 Å². The zero-order valence-electron chi connectivity index (χ0n) is 17.2. The van der Waals surface area contributed by atoms with E-state index in [-0.39, 0.29) is 18.1 Å². The quantitative estimate of drug-likeness (QED) is 0.671. The Balaban J connectivity index is 1.48. The average molecular weight is 409 g/mol. The second-order valence-electron chi connectivity index (χ2n) is 7.62. The molecule has 30 heavy (non-hydrogen) atoms. The summed E-state index contributed by atoms with van der Waals surface area (Å²) in [5, 5.41) is 8.92. The van der Waals surface area contributed by atoms with E-state index in [0.717, 1.165) is 32.7 Å². The predicted octanol–water partition coefficient (Wildman–Crippen LogP) is 0.569. The summed E-state index contributed by atoms with van der Waals surface area (Å²) < 4.78 is 13.2. The zero-order chi connectivity index (χ0) is 21.2. The van der Waals surface area contributed by atoms with Crippen LogP contribution in [0, 0.1) is 17.1 Å². The lowest BCUT2D eigenvalue weighted by molar-refractivity contribution is -1.01. The topological polar surface area (TPSA) is 53.0 Å². The Morgan fingerprint density at radius 1 is 1.03 bits per heavy atom. The number of benzene rings is 2. The van der Waals surface area contributed by atoms with Gasteiger partial charge in [0.15, 0.2) is 6.54 Å². The molecule has 1 fully saturated rings. The Hall–Kier alpha value is -3.01. The summed E-state index contributed by atoms with van der Waals surface area (Å²) in [6.45, 7) is 5.64. The Morgan fingerprint density at radius 3 is 2.37 bits per heavy atom. The minimum atomic E-state index is -0.336. The van der Waals surface area contributed by atoms with Crippen molar-refractivity contribution in [3.05, 3.63) is 72.1 Å². The van der Waals surface area contributed by atoms with Gasteiger partial charge >= 0.3 is 0 Å². The summed E-state index contributed by atoms with van der Waals surface area (Å²) in [7, 11) is 0. The summed E-state index contributed by atoms with van der Waals surface area (Å²) in [6, 6.07) is 18.3. The molecule has 0 spiro atoms. The van der Waals surface area contributed by atoms with Crippen LogP contribution < -0.4 is 14.7 Å². The number of carbonyl (C=O) groups is 1. The third-order valence-electron chi connectivity index (χ3n) is 5.47. The molecule has 3 rings (SSSR count). The first-order valence-electron chi connectivity index (χ1n) is 10.5. The van der Waals surface area contributed by atoms with E-state index in [4.69, 9.17) is 5.26 Å². The Labute approximate surface area is 177 Å². The maximum Gasteiger partial charge on any atom is 0.282 e. The summed E-state index contributed by atoms with van der Waals surface area (Å²) in [4.78, 5) is 17.3. The molecule has 0 bridgehead atoms. The van der Waals surface area contributed by atoms with E-state index in [9.17, 15) is 9.18 Å². The largest absolute Gasteiger partial charge is 0.322 e. The fourth-order valence-corrected chi connectivity index (χ4v) is 3.75. The van der Waals surface area contributed by atoms with Crippen LogP contribution in [0.15, 0.2) is 60.7 Å². The molecule has 1 heterocycles. The molecule has 0 unspecified atom stereocenters. The van der Waals surface area contributed by atoms with Crippen LogP contribution in [0.1, 0.15) is 12.0 Å². The summed E-state index contributed by atoms with van der Waals surface area (Å²) >= 11 is 0. The molecule has 0 atom stereocenters. The van der Waals surface area contributed by atoms with Crippen LogP contribution in [-0.2, 0) is 4.79 Å². The van der Waals surface area contributed by atoms with Gasteiger partial charge in [-0.05, 0) is 35.9 Å². The van der Waals surface area contributed by atoms with Gasteiger partial charge < -0.3 is 14.7 Å². The van der Waals surface area contributed by atoms with E-state index in [1.807, 2.05) is 18.2 Å². The highest BCUT2D eigenvalue weighted by atomic mass is 19.1. The number of rotatable bonds is 8. The van der Waals surface area contributed by atoms with E-state index >= 15 is 0 Å². The first-order chi connectivity index (χ1) is 14.7. The number of halogens is 1. The smallest absolute Gasteiger partial charge is 0.282 e. The van der Waals surface area contributed by atoms with Crippen molar-refractivity contribution in [2.75, 3.05) is 50.7 Å². The minimum Gasteiger partial charge on any atom is -0.322 e. The van der Waals surface area contributed by atoms with Gasteiger partial charge in [0.05, 0.1) is 19.0 Å². The second-order valence-corrected chi connectivity index (χ2v) is 7.62. The maximum atomic E-state index is 13.2. The van der Waals surface area contributed by atoms with Crippen molar-refractivity contribution in [2.24, 2.45) is 0 Å². The monoisotopic (exact) mass is 408 g/mol. The van der Waals surface area contributed by atoms with Gasteiger partial charge in [-0.3, -0.25) is 4.79 Å². The fourth-order valence-electron chi connectivity index (χ4n) is 3.75. The third kappa shape index (κ3) is 6.51. The van der Waals surface area contributed by atoms with E-state index in [1.165, 1.54) is 27.5 Å². The van der Waals surface area contributed by atoms with E-state index in [0.29, 0.717) is 18.8 Å². The first kappa shape index (κ1) is 21.7. The van der Waals surface area contributed by atoms with Gasteiger partial charge in [0.2, 0.25) is 0 Å². The standard InChI is InChI=1S/C24H27FN4O/c25-22-9-11-23(12-10-22)29(15-5-13-26)24(30)20-28-18-16-27(17-19-28)14-4-8-21-6-2-1-3-7-21/h1-4,6-12H,5,14-20H2/p+2/b8-4+. The van der Waals surface area contributed by atoms with Crippen LogP contribution in [0.3, 0.4) is 0 Å². The second kappa shape index (κ2) is 11.2. The molecule has 1 amide bonds. The number of quaternary nitrogens is 2. The molecule has 1 saturated heterocycles. The van der Waals surface area contributed by atoms with Gasteiger partial charge in [0, 0.05) is 12.2 Å². The average Bonchev–Trinajstić information content (AvgIpc) is 2.77. The molecule has 2 aromatic carbocycles. The van der Waals surface area contributed by atoms with Crippen molar-refractivity contribution in [3.63, 3.8) is 0 Å². The normalized spacial score (nSPS) is 18.8. The number of nitrogens with zero attached hydrogens (tertiary/aromatic N) is 2. The lowest BCUT2D eigenvalue weighted by Gasteiger charge is -2.30. The zero-order valence-corrected chi connectivity index (χ0v) is 17.2. The number of carbonyl (C=O) groups excluding carboxylic acids is 1. The van der Waals surface area contributed by atoms with Gasteiger partial charge in [-0.25, -0.2) is 4.39 Å². The molecule has 6 heteroatoms. The number of piperazine rings is 1. The minimum absolute atomic E-state index is 0.0146. The molecule has 2 N–H and O–H groups in total. The number of hydrogen-bond donors (Lipinski definition) is 2. The molecule has 2 aromatic rings. The Kier molecular flexibility index (Phi) is 8.13. The molecule has 1 aliphatic rings. The highest BCUT2D eigenvalue weighted by molar-refractivity contribution is 5.94. The number of amides is 1. The van der Waals surface area contributed by atoms with Gasteiger partial charge in [-0.1, -0.05) is 36.4 Å². The van der Waals surface area contributed by atoms with Gasteiger partial charge in [0.25, 0.3) is 5.91 Å². The Bertz CT molecular complexity index is 868. The van der Waals surface area contributed by atoms with Gasteiger partial charge in [-0.2, -0.15) is 5.26 Å². The summed E-state index contributed by atoms with van der Waals surface area (Å²) in [6.07, 6.45) is 4.63. The van der Waals surface area contributed by atoms with E-state index in [1.54, 1.807) is 17.0 Å². The van der Waals surface area contributed by atoms with Crippen LogP contribution >= 0.6 is 0 Å². The maximum absolute atomic E-state index is 13.2. The SMILES string of the molecule is N#CCCN(C(=O)C[NH+]1CC[NH+](C/C=C/c2ccccc2)CC1)c1ccc(F)cc1. The highest BCUT2D eigenvalue weighted by Gasteiger charge is 2.26. The number of hydrogen-bond acceptors (Lipinski definition) is 2. The van der Waals surface area contributed by atoms with Crippen molar-refractivity contribution in [1.82, 2.24) is 0 Å². The van der Waals surface area contributed by atoms with Gasteiger partial charge in [0.1, 0.15) is 32.0 Å². The van der Waals surface area contributed by atoms with Crippen LogP contribution in [0.2, 0.25) is 0 Å². The van der Waals surface area contributed by atoms with E-state index < -0.39 is 0 Å². The molecular weight excluding hydrogens is 379 g/mol. The van der Waals surface area contributed by atoms with Crippen molar-refractivity contribution >= 4 is 17.7 Å². The number of nitriles is 1.